The van der Waals surface area contributed by atoms with Crippen LogP contribution in [0.15, 0.2) is 40.1 Å². The third-order valence-electron chi connectivity index (χ3n) is 4.66. The number of guanidine groups is 1. The molecule has 0 amide bonds. The Balaban J connectivity index is 0.00000341. The van der Waals surface area contributed by atoms with Crippen LogP contribution in [-0.4, -0.2) is 50.5 Å². The van der Waals surface area contributed by atoms with E-state index in [4.69, 9.17) is 4.52 Å². The zero-order valence-corrected chi connectivity index (χ0v) is 20.7. The van der Waals surface area contributed by atoms with Crippen LogP contribution in [0.25, 0.3) is 11.5 Å². The average Bonchev–Trinajstić information content (AvgIpc) is 3.43. The zero-order valence-electron chi connectivity index (χ0n) is 18.3. The van der Waals surface area contributed by atoms with E-state index in [-0.39, 0.29) is 24.0 Å². The third-order valence-corrected chi connectivity index (χ3v) is 4.66. The molecule has 168 valence electrons. The molecule has 0 atom stereocenters. The molecule has 0 aliphatic carbocycles. The van der Waals surface area contributed by atoms with E-state index in [1.807, 2.05) is 19.1 Å². The summed E-state index contributed by atoms with van der Waals surface area (Å²) < 4.78 is 7.35. The number of hydrogen-bond donors (Lipinski definition) is 2. The van der Waals surface area contributed by atoms with Crippen LogP contribution in [0.5, 0.6) is 0 Å². The SMILES string of the molecule is CCNC(=NCCc1ccc(-c2nc(CC)no2)cc1)NCCn1cnnc1CC.I. The van der Waals surface area contributed by atoms with Gasteiger partial charge in [0, 0.05) is 44.6 Å². The second kappa shape index (κ2) is 13.0. The monoisotopic (exact) mass is 538 g/mol. The molecule has 2 aromatic heterocycles. The van der Waals surface area contributed by atoms with E-state index < -0.39 is 0 Å². The Morgan fingerprint density at radius 1 is 1.10 bits per heavy atom. The first-order chi connectivity index (χ1) is 14.7. The van der Waals surface area contributed by atoms with E-state index in [0.29, 0.717) is 12.4 Å². The van der Waals surface area contributed by atoms with Crippen molar-refractivity contribution in [2.75, 3.05) is 19.6 Å². The lowest BCUT2D eigenvalue weighted by Gasteiger charge is -2.12. The number of hydrogen-bond acceptors (Lipinski definition) is 6. The lowest BCUT2D eigenvalue weighted by atomic mass is 10.1. The Bertz CT molecular complexity index is 935. The van der Waals surface area contributed by atoms with Gasteiger partial charge >= 0.3 is 0 Å². The summed E-state index contributed by atoms with van der Waals surface area (Å²) in [6.07, 6.45) is 4.26. The van der Waals surface area contributed by atoms with Crippen molar-refractivity contribution in [1.82, 2.24) is 35.5 Å². The maximum Gasteiger partial charge on any atom is 0.257 e. The van der Waals surface area contributed by atoms with E-state index in [1.54, 1.807) is 6.33 Å². The lowest BCUT2D eigenvalue weighted by Crippen LogP contribution is -2.39. The van der Waals surface area contributed by atoms with Crippen molar-refractivity contribution in [3.8, 4) is 11.5 Å². The fraction of sp³-hybridized carbons (Fsp3) is 0.476. The highest BCUT2D eigenvalue weighted by Gasteiger charge is 2.07. The molecule has 2 heterocycles. The van der Waals surface area contributed by atoms with Gasteiger partial charge in [-0.2, -0.15) is 4.98 Å². The molecule has 0 fully saturated rings. The van der Waals surface area contributed by atoms with Gasteiger partial charge in [-0.25, -0.2) is 0 Å². The molecule has 3 rings (SSSR count). The Labute approximate surface area is 200 Å². The van der Waals surface area contributed by atoms with Crippen molar-refractivity contribution in [3.05, 3.63) is 47.8 Å². The number of benzene rings is 1. The van der Waals surface area contributed by atoms with Crippen molar-refractivity contribution >= 4 is 29.9 Å². The van der Waals surface area contributed by atoms with Crippen molar-refractivity contribution < 1.29 is 4.52 Å². The zero-order chi connectivity index (χ0) is 21.2. The van der Waals surface area contributed by atoms with Crippen molar-refractivity contribution in [2.45, 2.75) is 46.6 Å². The summed E-state index contributed by atoms with van der Waals surface area (Å²) >= 11 is 0. The van der Waals surface area contributed by atoms with Crippen LogP contribution in [0.3, 0.4) is 0 Å². The van der Waals surface area contributed by atoms with Gasteiger partial charge in [0.1, 0.15) is 12.2 Å². The van der Waals surface area contributed by atoms with Gasteiger partial charge in [0.15, 0.2) is 11.8 Å². The Hall–Kier alpha value is -2.50. The number of rotatable bonds is 10. The molecule has 1 aromatic carbocycles. The molecule has 0 aliphatic heterocycles. The predicted molar refractivity (Wildman–Crippen MR) is 132 cm³/mol. The summed E-state index contributed by atoms with van der Waals surface area (Å²) in [5, 5.41) is 18.7. The van der Waals surface area contributed by atoms with E-state index in [9.17, 15) is 0 Å². The molecule has 0 bridgehead atoms. The summed E-state index contributed by atoms with van der Waals surface area (Å²) in [6, 6.07) is 8.19. The fourth-order valence-electron chi connectivity index (χ4n) is 3.00. The molecule has 10 heteroatoms. The summed E-state index contributed by atoms with van der Waals surface area (Å²) in [4.78, 5) is 9.04. The Kier molecular flexibility index (Phi) is 10.4. The average molecular weight is 538 g/mol. The predicted octanol–water partition coefficient (Wildman–Crippen LogP) is 2.87. The highest BCUT2D eigenvalue weighted by atomic mass is 127. The molecule has 0 aliphatic rings. The molecular weight excluding hydrogens is 507 g/mol. The molecule has 0 spiro atoms. The van der Waals surface area contributed by atoms with E-state index >= 15 is 0 Å². The van der Waals surface area contributed by atoms with Crippen LogP contribution in [0.2, 0.25) is 0 Å². The van der Waals surface area contributed by atoms with E-state index in [2.05, 4.69) is 66.5 Å². The first-order valence-corrected chi connectivity index (χ1v) is 10.5. The molecule has 3 aromatic rings. The van der Waals surface area contributed by atoms with Crippen LogP contribution in [0, 0.1) is 0 Å². The van der Waals surface area contributed by atoms with Gasteiger partial charge < -0.3 is 19.7 Å². The normalized spacial score (nSPS) is 11.3. The Morgan fingerprint density at radius 3 is 2.58 bits per heavy atom. The number of nitrogens with zero attached hydrogens (tertiary/aromatic N) is 6. The Morgan fingerprint density at radius 2 is 1.90 bits per heavy atom. The van der Waals surface area contributed by atoms with Crippen LogP contribution >= 0.6 is 24.0 Å². The van der Waals surface area contributed by atoms with Crippen molar-refractivity contribution in [3.63, 3.8) is 0 Å². The summed E-state index contributed by atoms with van der Waals surface area (Å²) in [7, 11) is 0. The van der Waals surface area contributed by atoms with E-state index in [1.165, 1.54) is 5.56 Å². The molecule has 0 unspecified atom stereocenters. The molecule has 0 radical (unpaired) electrons. The van der Waals surface area contributed by atoms with Crippen LogP contribution in [0.1, 0.15) is 38.0 Å². The second-order valence-corrected chi connectivity index (χ2v) is 6.80. The quantitative estimate of drug-likeness (QED) is 0.232. The number of halogens is 1. The molecule has 31 heavy (non-hydrogen) atoms. The maximum absolute atomic E-state index is 5.29. The standard InChI is InChI=1S/C21H30N8O.HI/c1-4-18-26-20(30-28-18)17-9-7-16(8-10-17)11-12-23-21(22-6-3)24-13-14-29-15-25-27-19(29)5-2;/h7-10,15H,4-6,11-14H2,1-3H3,(H2,22,23,24);1H. The van der Waals surface area contributed by atoms with Gasteiger partial charge in [-0.15, -0.1) is 34.2 Å². The van der Waals surface area contributed by atoms with Crippen molar-refractivity contribution in [2.24, 2.45) is 4.99 Å². The minimum atomic E-state index is 0. The lowest BCUT2D eigenvalue weighted by molar-refractivity contribution is 0.423. The largest absolute Gasteiger partial charge is 0.357 e. The topological polar surface area (TPSA) is 106 Å². The molecule has 0 saturated heterocycles. The molecule has 0 saturated carbocycles. The molecule has 9 nitrogen and oxygen atoms in total. The molecular formula is C21H31IN8O. The maximum atomic E-state index is 5.29. The minimum Gasteiger partial charge on any atom is -0.357 e. The van der Waals surface area contributed by atoms with Crippen LogP contribution < -0.4 is 10.6 Å². The van der Waals surface area contributed by atoms with Crippen molar-refractivity contribution in [1.29, 1.82) is 0 Å². The van der Waals surface area contributed by atoms with Crippen LogP contribution in [-0.2, 0) is 25.8 Å². The second-order valence-electron chi connectivity index (χ2n) is 6.80. The highest BCUT2D eigenvalue weighted by Crippen LogP contribution is 2.18. The van der Waals surface area contributed by atoms with Gasteiger partial charge in [0.25, 0.3) is 5.89 Å². The van der Waals surface area contributed by atoms with Crippen LogP contribution in [0.4, 0.5) is 0 Å². The number of aromatic nitrogens is 5. The van der Waals surface area contributed by atoms with E-state index in [0.717, 1.165) is 62.1 Å². The van der Waals surface area contributed by atoms with Gasteiger partial charge in [-0.1, -0.05) is 31.1 Å². The smallest absolute Gasteiger partial charge is 0.257 e. The first kappa shape index (κ1) is 24.8. The first-order valence-electron chi connectivity index (χ1n) is 10.5. The summed E-state index contributed by atoms with van der Waals surface area (Å²) in [5.74, 6) is 3.10. The van der Waals surface area contributed by atoms with Gasteiger partial charge in [0.2, 0.25) is 0 Å². The highest BCUT2D eigenvalue weighted by molar-refractivity contribution is 14.0. The number of aliphatic imine (C=N–C) groups is 1. The van der Waals surface area contributed by atoms with Gasteiger partial charge in [0.05, 0.1) is 0 Å². The summed E-state index contributed by atoms with van der Waals surface area (Å²) in [5.41, 5.74) is 2.15. The van der Waals surface area contributed by atoms with Gasteiger partial charge in [-0.3, -0.25) is 4.99 Å². The molecule has 2 N–H and O–H groups in total. The number of nitrogens with one attached hydrogen (secondary N) is 2. The third kappa shape index (κ3) is 7.30. The number of aryl methyl sites for hydroxylation is 2. The minimum absolute atomic E-state index is 0. The summed E-state index contributed by atoms with van der Waals surface area (Å²) in [6.45, 7) is 9.22. The fourth-order valence-corrected chi connectivity index (χ4v) is 3.00. The van der Waals surface area contributed by atoms with Gasteiger partial charge in [-0.05, 0) is 31.0 Å².